The van der Waals surface area contributed by atoms with E-state index in [1.54, 1.807) is 27.7 Å². The molecule has 0 saturated carbocycles. The predicted molar refractivity (Wildman–Crippen MR) is 343 cm³/mol. The fourth-order valence-corrected chi connectivity index (χ4v) is 11.9. The van der Waals surface area contributed by atoms with Gasteiger partial charge in [-0.25, -0.2) is 4.79 Å². The number of hydrogen-bond acceptors (Lipinski definition) is 20. The largest absolute Gasteiger partial charge is 0.508 e. The van der Waals surface area contributed by atoms with Gasteiger partial charge in [0.1, 0.15) is 60.1 Å². The Hall–Kier alpha value is -8.51. The van der Waals surface area contributed by atoms with Crippen molar-refractivity contribution in [2.75, 3.05) is 44.2 Å². The van der Waals surface area contributed by atoms with Crippen molar-refractivity contribution < 1.29 is 77.3 Å². The predicted octanol–water partition coefficient (Wildman–Crippen LogP) is -5.74. The van der Waals surface area contributed by atoms with E-state index in [-0.39, 0.29) is 93.7 Å². The highest BCUT2D eigenvalue weighted by molar-refractivity contribution is 8.76. The summed E-state index contributed by atoms with van der Waals surface area (Å²) in [5.74, 6) is -14.5. The van der Waals surface area contributed by atoms with E-state index in [0.717, 1.165) is 21.6 Å². The number of aromatic hydroxyl groups is 1. The van der Waals surface area contributed by atoms with Gasteiger partial charge in [-0.2, -0.15) is 0 Å². The molecule has 3 rings (SSSR count). The lowest BCUT2D eigenvalue weighted by Crippen LogP contribution is -2.61. The lowest BCUT2D eigenvalue weighted by molar-refractivity contribution is -0.142. The molecule has 0 bridgehead atoms. The van der Waals surface area contributed by atoms with Gasteiger partial charge in [-0.3, -0.25) is 67.3 Å². The molecule has 0 aromatic heterocycles. The van der Waals surface area contributed by atoms with Gasteiger partial charge in [0.15, 0.2) is 5.96 Å². The quantitative estimate of drug-likeness (QED) is 0.0143. The Balaban J connectivity index is 1.87. The molecule has 518 valence electrons. The Morgan fingerprint density at radius 1 is 0.699 bits per heavy atom. The van der Waals surface area contributed by atoms with Crippen molar-refractivity contribution in [3.8, 4) is 5.75 Å². The topological polar surface area (TPSA) is 571 Å². The van der Waals surface area contributed by atoms with Crippen molar-refractivity contribution in [2.24, 2.45) is 51.2 Å². The Morgan fingerprint density at radius 2 is 1.32 bits per heavy atom. The molecule has 1 aromatic rings. The molecular formula is C57H92N18O16S2. The normalized spacial score (nSPS) is 21.5. The van der Waals surface area contributed by atoms with Crippen LogP contribution in [0, 0.1) is 11.8 Å². The smallest absolute Gasteiger partial charge is 0.326 e. The first kappa shape index (κ1) is 78.7. The lowest BCUT2D eigenvalue weighted by Gasteiger charge is -2.31. The molecule has 24 N–H and O–H groups in total. The van der Waals surface area contributed by atoms with Crippen molar-refractivity contribution in [1.29, 1.82) is 0 Å². The monoisotopic (exact) mass is 1350 g/mol. The maximum atomic E-state index is 14.8. The summed E-state index contributed by atoms with van der Waals surface area (Å²) in [6, 6.07) is -8.35. The minimum Gasteiger partial charge on any atom is -0.508 e. The summed E-state index contributed by atoms with van der Waals surface area (Å²) >= 11 is 0. The van der Waals surface area contributed by atoms with E-state index >= 15 is 0 Å². The van der Waals surface area contributed by atoms with E-state index in [2.05, 4.69) is 58.2 Å². The number of carbonyl (C=O) groups excluding carboxylic acids is 13. The first-order chi connectivity index (χ1) is 43.9. The van der Waals surface area contributed by atoms with Crippen molar-refractivity contribution in [3.63, 3.8) is 0 Å². The number of benzene rings is 1. The minimum atomic E-state index is -1.82. The average Bonchev–Trinajstić information content (AvgIpc) is 1.84. The molecule has 1 aromatic carbocycles. The van der Waals surface area contributed by atoms with Gasteiger partial charge in [-0.15, -0.1) is 0 Å². The zero-order valence-electron chi connectivity index (χ0n) is 52.7. The number of aliphatic imine (C=N–C) groups is 1. The number of phenolic OH excluding ortho intramolecular Hbond substituents is 1. The zero-order chi connectivity index (χ0) is 69.5. The number of unbranched alkanes of at least 4 members (excludes halogenated alkanes) is 1. The number of primary amides is 2. The Labute approximate surface area is 546 Å². The van der Waals surface area contributed by atoms with Gasteiger partial charge in [-0.1, -0.05) is 67.8 Å². The molecule has 2 saturated heterocycles. The number of likely N-dealkylation sites (tertiary alicyclic amines) is 1. The van der Waals surface area contributed by atoms with E-state index in [9.17, 15) is 77.3 Å². The molecule has 93 heavy (non-hydrogen) atoms. The molecule has 0 radical (unpaired) electrons. The second kappa shape index (κ2) is 40.5. The first-order valence-electron chi connectivity index (χ1n) is 30.5. The number of carboxylic acids is 1. The number of aliphatic carboxylic acids is 1. The van der Waals surface area contributed by atoms with Crippen molar-refractivity contribution in [2.45, 2.75) is 172 Å². The summed E-state index contributed by atoms with van der Waals surface area (Å²) in [7, 11) is 1.96. The van der Waals surface area contributed by atoms with Crippen LogP contribution in [0.5, 0.6) is 5.75 Å². The van der Waals surface area contributed by atoms with Crippen molar-refractivity contribution in [1.82, 2.24) is 58.1 Å². The number of hydrogen-bond donors (Lipinski definition) is 18. The first-order valence-corrected chi connectivity index (χ1v) is 33.0. The fourth-order valence-electron chi connectivity index (χ4n) is 9.62. The number of carboxylic acid groups (broad SMARTS) is 1. The summed E-state index contributed by atoms with van der Waals surface area (Å²) in [4.78, 5) is 194. The van der Waals surface area contributed by atoms with E-state index in [4.69, 9.17) is 34.4 Å². The van der Waals surface area contributed by atoms with Crippen LogP contribution in [0.2, 0.25) is 0 Å². The SMILES string of the molecule is CC[C@H](C)[C@@H]1NC(=O)[C@H](Cc2ccc(O)cc2)NC(=O)[C@@H](N)CSSC[C@@H](C(=O)N2CCC[C@H]2C(=O)N[C@@H](CC(C)C)C(=O)NCC(=O)NCC(=O)N[C@@H](CCCCN)C(=O)N[C@@H](CCCN=C(N)N)C(=O)O)NC(=O)[C@H](CC(N)=O)NC(=O)[C@H](CCC(N)=O)NC1=O. The van der Waals surface area contributed by atoms with Gasteiger partial charge in [0.05, 0.1) is 25.6 Å². The van der Waals surface area contributed by atoms with E-state index < -0.39 is 181 Å². The van der Waals surface area contributed by atoms with Crippen LogP contribution >= 0.6 is 21.6 Å². The molecule has 0 unspecified atom stereocenters. The third-order valence-corrected chi connectivity index (χ3v) is 17.3. The highest BCUT2D eigenvalue weighted by Crippen LogP contribution is 2.26. The number of nitrogens with one attached hydrogen (secondary N) is 10. The number of carbonyl (C=O) groups is 14. The second-order valence-corrected chi connectivity index (χ2v) is 25.5. The summed E-state index contributed by atoms with van der Waals surface area (Å²) < 4.78 is 0. The van der Waals surface area contributed by atoms with Crippen LogP contribution < -0.4 is 87.6 Å². The number of rotatable bonds is 31. The summed E-state index contributed by atoms with van der Waals surface area (Å²) in [5.41, 5.74) is 34.1. The molecule has 0 spiro atoms. The van der Waals surface area contributed by atoms with Crippen LogP contribution in [-0.2, 0) is 73.5 Å². The fraction of sp³-hybridized carbons (Fsp3) is 0.632. The third kappa shape index (κ3) is 28.5. The van der Waals surface area contributed by atoms with Crippen LogP contribution in [0.1, 0.15) is 110 Å². The van der Waals surface area contributed by atoms with Gasteiger partial charge in [0, 0.05) is 37.4 Å². The molecule has 0 aliphatic carbocycles. The molecule has 11 atom stereocenters. The maximum Gasteiger partial charge on any atom is 0.326 e. The second-order valence-electron chi connectivity index (χ2n) is 23.0. The molecule has 2 aliphatic rings. The Bertz CT molecular complexity index is 2820. The van der Waals surface area contributed by atoms with Crippen LogP contribution in [-0.4, -0.2) is 208 Å². The van der Waals surface area contributed by atoms with E-state index in [0.29, 0.717) is 24.8 Å². The van der Waals surface area contributed by atoms with Crippen molar-refractivity contribution in [3.05, 3.63) is 29.8 Å². The molecule has 2 heterocycles. The standard InChI is InChI=1S/C57H92N18O16S2/c1-5-30(4)46-54(88)68-35(17-18-42(60)77)50(84)71-39(24-43(61)78)51(85)73-40(28-93-92-27-33(59)47(81)70-38(52(86)74-46)23-31-13-15-32(76)16-14-31)55(89)75-21-9-12-41(75)53(87)72-37(22-29(2)3)48(82)66-25-44(79)65-26-45(80)67-34(10-6-7-19-58)49(83)69-36(56(90)91)11-8-20-64-57(62)63/h13-16,29-30,33-41,46,76H,5-12,17-28,58-59H2,1-4H3,(H2,60,77)(H2,61,78)(H,65,79)(H,66,82)(H,67,80)(H,68,88)(H,69,83)(H,70,81)(H,71,84)(H,72,87)(H,73,85)(H,74,86)(H,90,91)(H4,62,63,64)/t30-,33-,34-,35-,36-,37-,38-,39-,40-,41-,46-/m0/s1. The maximum absolute atomic E-state index is 14.8. The van der Waals surface area contributed by atoms with Gasteiger partial charge < -0.3 is 103 Å². The Morgan fingerprint density at radius 3 is 1.95 bits per heavy atom. The van der Waals surface area contributed by atoms with Gasteiger partial charge in [-0.05, 0) is 93.9 Å². The van der Waals surface area contributed by atoms with Gasteiger partial charge >= 0.3 is 5.97 Å². The van der Waals surface area contributed by atoms with E-state index in [1.807, 2.05) is 0 Å². The van der Waals surface area contributed by atoms with Crippen LogP contribution in [0.4, 0.5) is 0 Å². The van der Waals surface area contributed by atoms with Crippen LogP contribution in [0.15, 0.2) is 29.3 Å². The van der Waals surface area contributed by atoms with Crippen molar-refractivity contribution >= 4 is 110 Å². The van der Waals surface area contributed by atoms with Gasteiger partial charge in [0.25, 0.3) is 0 Å². The summed E-state index contributed by atoms with van der Waals surface area (Å²) in [6.45, 7) is 5.86. The number of guanidine groups is 1. The Kier molecular flexibility index (Phi) is 34.3. The number of nitrogens with two attached hydrogens (primary N) is 6. The lowest BCUT2D eigenvalue weighted by atomic mass is 9.96. The van der Waals surface area contributed by atoms with E-state index in [1.165, 1.54) is 29.2 Å². The average molecular weight is 1350 g/mol. The number of phenols is 1. The minimum absolute atomic E-state index is 0.0341. The molecule has 13 amide bonds. The molecular weight excluding hydrogens is 1260 g/mol. The van der Waals surface area contributed by atoms with Crippen LogP contribution in [0.3, 0.4) is 0 Å². The van der Waals surface area contributed by atoms with Crippen LogP contribution in [0.25, 0.3) is 0 Å². The molecule has 2 fully saturated rings. The summed E-state index contributed by atoms with van der Waals surface area (Å²) in [5, 5.41) is 44.7. The third-order valence-electron chi connectivity index (χ3n) is 14.9. The number of amides is 13. The molecule has 34 nitrogen and oxygen atoms in total. The highest BCUT2D eigenvalue weighted by Gasteiger charge is 2.41. The zero-order valence-corrected chi connectivity index (χ0v) is 54.3. The molecule has 2 aliphatic heterocycles. The van der Waals surface area contributed by atoms with Gasteiger partial charge in [0.2, 0.25) is 76.8 Å². The highest BCUT2D eigenvalue weighted by atomic mass is 33.1. The molecule has 36 heteroatoms. The number of nitrogens with zero attached hydrogens (tertiary/aromatic N) is 2. The summed E-state index contributed by atoms with van der Waals surface area (Å²) in [6.07, 6.45) is -0.120.